The summed E-state index contributed by atoms with van der Waals surface area (Å²) in [7, 11) is 0. The van der Waals surface area contributed by atoms with E-state index in [9.17, 15) is 15.0 Å². The van der Waals surface area contributed by atoms with E-state index in [-0.39, 0.29) is 18.6 Å². The summed E-state index contributed by atoms with van der Waals surface area (Å²) in [5.74, 6) is -0.386. The summed E-state index contributed by atoms with van der Waals surface area (Å²) in [4.78, 5) is 12.2. The highest BCUT2D eigenvalue weighted by Crippen LogP contribution is 2.26. The second kappa shape index (κ2) is 7.78. The molecule has 1 amide bonds. The van der Waals surface area contributed by atoms with Crippen LogP contribution in [0.5, 0.6) is 0 Å². The molecule has 0 aromatic heterocycles. The van der Waals surface area contributed by atoms with E-state index < -0.39 is 12.0 Å². The third-order valence-corrected chi connectivity index (χ3v) is 4.51. The fraction of sp³-hybridized carbons (Fsp3) is 0.562. The molecular weight excluding hydrogens is 290 g/mol. The Morgan fingerprint density at radius 1 is 1.29 bits per heavy atom. The van der Waals surface area contributed by atoms with Gasteiger partial charge in [0.15, 0.2) is 6.10 Å². The molecule has 2 unspecified atom stereocenters. The first kappa shape index (κ1) is 16.3. The number of amides is 1. The predicted octanol–water partition coefficient (Wildman–Crippen LogP) is 2.43. The van der Waals surface area contributed by atoms with Crippen LogP contribution in [0.3, 0.4) is 0 Å². The summed E-state index contributed by atoms with van der Waals surface area (Å²) in [5, 5.41) is 22.9. The maximum Gasteiger partial charge on any atom is 0.253 e. The van der Waals surface area contributed by atoms with Crippen LogP contribution < -0.4 is 5.32 Å². The molecule has 0 spiro atoms. The molecule has 1 aliphatic rings. The topological polar surface area (TPSA) is 69.6 Å². The number of carbonyl (C=O) groups is 1. The number of hydrogen-bond acceptors (Lipinski definition) is 3. The standard InChI is InChI=1S/C16H22ClNO3/c17-13-8-5-4-7-12(13)15(20)16(21)18-14-9-3-1-2-6-11(14)10-19/h4-5,7-8,11,14-15,19-20H,1-3,6,9-10H2,(H,18,21)/t11?,14?,15-/m1/s1. The summed E-state index contributed by atoms with van der Waals surface area (Å²) in [6.07, 6.45) is 3.70. The lowest BCUT2D eigenvalue weighted by molar-refractivity contribution is -0.130. The van der Waals surface area contributed by atoms with E-state index in [0.29, 0.717) is 10.6 Å². The van der Waals surface area contributed by atoms with Gasteiger partial charge in [-0.1, -0.05) is 49.1 Å². The van der Waals surface area contributed by atoms with Gasteiger partial charge in [-0.2, -0.15) is 0 Å². The van der Waals surface area contributed by atoms with Crippen LogP contribution in [-0.4, -0.2) is 28.8 Å². The average Bonchev–Trinajstić information content (AvgIpc) is 2.72. The van der Waals surface area contributed by atoms with Gasteiger partial charge < -0.3 is 15.5 Å². The third kappa shape index (κ3) is 4.19. The molecule has 3 atom stereocenters. The number of aliphatic hydroxyl groups is 2. The van der Waals surface area contributed by atoms with Crippen molar-refractivity contribution in [2.24, 2.45) is 5.92 Å². The van der Waals surface area contributed by atoms with Gasteiger partial charge in [-0.3, -0.25) is 4.79 Å². The van der Waals surface area contributed by atoms with Gasteiger partial charge in [0.05, 0.1) is 0 Å². The SMILES string of the molecule is O=C(NC1CCCCCC1CO)[C@H](O)c1ccccc1Cl. The molecular formula is C16H22ClNO3. The van der Waals surface area contributed by atoms with Crippen LogP contribution in [-0.2, 0) is 4.79 Å². The second-order valence-corrected chi connectivity index (χ2v) is 6.03. The molecule has 0 heterocycles. The summed E-state index contributed by atoms with van der Waals surface area (Å²) >= 11 is 6.01. The third-order valence-electron chi connectivity index (χ3n) is 4.17. The first-order chi connectivity index (χ1) is 10.1. The van der Waals surface area contributed by atoms with Crippen LogP contribution in [0.2, 0.25) is 5.02 Å². The Morgan fingerprint density at radius 2 is 2.00 bits per heavy atom. The zero-order valence-electron chi connectivity index (χ0n) is 12.0. The Balaban J connectivity index is 2.04. The largest absolute Gasteiger partial charge is 0.396 e. The molecule has 2 rings (SSSR count). The van der Waals surface area contributed by atoms with Crippen molar-refractivity contribution in [3.05, 3.63) is 34.9 Å². The van der Waals surface area contributed by atoms with Gasteiger partial charge in [0.2, 0.25) is 0 Å². The van der Waals surface area contributed by atoms with Crippen molar-refractivity contribution in [3.63, 3.8) is 0 Å². The van der Waals surface area contributed by atoms with Crippen LogP contribution in [0.25, 0.3) is 0 Å². The first-order valence-electron chi connectivity index (χ1n) is 7.47. The lowest BCUT2D eigenvalue weighted by Gasteiger charge is -2.26. The Kier molecular flexibility index (Phi) is 6.03. The smallest absolute Gasteiger partial charge is 0.253 e. The normalized spacial score (nSPS) is 24.1. The van der Waals surface area contributed by atoms with Gasteiger partial charge in [0.1, 0.15) is 0 Å². The fourth-order valence-corrected chi connectivity index (χ4v) is 3.13. The number of hydrogen-bond donors (Lipinski definition) is 3. The van der Waals surface area contributed by atoms with E-state index in [0.717, 1.165) is 32.1 Å². The predicted molar refractivity (Wildman–Crippen MR) is 82.0 cm³/mol. The van der Waals surface area contributed by atoms with E-state index in [1.54, 1.807) is 24.3 Å². The van der Waals surface area contributed by atoms with Crippen molar-refractivity contribution < 1.29 is 15.0 Å². The number of aliphatic hydroxyl groups excluding tert-OH is 2. The van der Waals surface area contributed by atoms with Crippen molar-refractivity contribution >= 4 is 17.5 Å². The molecule has 1 aliphatic carbocycles. The Hall–Kier alpha value is -1.10. The molecule has 0 bridgehead atoms. The number of nitrogens with one attached hydrogen (secondary N) is 1. The molecule has 0 radical (unpaired) electrons. The minimum Gasteiger partial charge on any atom is -0.396 e. The Morgan fingerprint density at radius 3 is 2.71 bits per heavy atom. The molecule has 0 saturated heterocycles. The number of halogens is 1. The molecule has 4 nitrogen and oxygen atoms in total. The monoisotopic (exact) mass is 311 g/mol. The van der Waals surface area contributed by atoms with Gasteiger partial charge in [-0.05, 0) is 18.9 Å². The zero-order chi connectivity index (χ0) is 15.2. The van der Waals surface area contributed by atoms with Gasteiger partial charge >= 0.3 is 0 Å². The average molecular weight is 312 g/mol. The quantitative estimate of drug-likeness (QED) is 0.748. The van der Waals surface area contributed by atoms with E-state index in [2.05, 4.69) is 5.32 Å². The molecule has 1 saturated carbocycles. The maximum atomic E-state index is 12.2. The fourth-order valence-electron chi connectivity index (χ4n) is 2.89. The second-order valence-electron chi connectivity index (χ2n) is 5.62. The Labute approximate surface area is 130 Å². The zero-order valence-corrected chi connectivity index (χ0v) is 12.7. The van der Waals surface area contributed by atoms with Crippen LogP contribution in [0, 0.1) is 5.92 Å². The van der Waals surface area contributed by atoms with Crippen LogP contribution >= 0.6 is 11.6 Å². The summed E-state index contributed by atoms with van der Waals surface area (Å²) in [6.45, 7) is 0.0626. The van der Waals surface area contributed by atoms with Gasteiger partial charge in [0.25, 0.3) is 5.91 Å². The van der Waals surface area contributed by atoms with Crippen molar-refractivity contribution in [2.45, 2.75) is 44.2 Å². The molecule has 5 heteroatoms. The lowest BCUT2D eigenvalue weighted by atomic mass is 9.95. The van der Waals surface area contributed by atoms with Crippen molar-refractivity contribution in [2.75, 3.05) is 6.61 Å². The highest BCUT2D eigenvalue weighted by atomic mass is 35.5. The summed E-state index contributed by atoms with van der Waals surface area (Å²) in [6, 6.07) is 6.70. The van der Waals surface area contributed by atoms with Crippen molar-refractivity contribution in [3.8, 4) is 0 Å². The van der Waals surface area contributed by atoms with Gasteiger partial charge in [0, 0.05) is 29.2 Å². The van der Waals surface area contributed by atoms with E-state index in [4.69, 9.17) is 11.6 Å². The minimum atomic E-state index is -1.28. The number of benzene rings is 1. The van der Waals surface area contributed by atoms with E-state index in [1.165, 1.54) is 0 Å². The molecule has 21 heavy (non-hydrogen) atoms. The van der Waals surface area contributed by atoms with Crippen LogP contribution in [0.15, 0.2) is 24.3 Å². The van der Waals surface area contributed by atoms with Crippen LogP contribution in [0.4, 0.5) is 0 Å². The minimum absolute atomic E-state index is 0.0626. The van der Waals surface area contributed by atoms with Gasteiger partial charge in [-0.15, -0.1) is 0 Å². The number of carbonyl (C=O) groups excluding carboxylic acids is 1. The molecule has 1 aromatic rings. The van der Waals surface area contributed by atoms with E-state index >= 15 is 0 Å². The van der Waals surface area contributed by atoms with Gasteiger partial charge in [-0.25, -0.2) is 0 Å². The maximum absolute atomic E-state index is 12.2. The molecule has 1 fully saturated rings. The van der Waals surface area contributed by atoms with Crippen molar-refractivity contribution in [1.29, 1.82) is 0 Å². The highest BCUT2D eigenvalue weighted by Gasteiger charge is 2.28. The molecule has 0 aliphatic heterocycles. The van der Waals surface area contributed by atoms with Crippen molar-refractivity contribution in [1.82, 2.24) is 5.32 Å². The summed E-state index contributed by atoms with van der Waals surface area (Å²) in [5.41, 5.74) is 0.408. The first-order valence-corrected chi connectivity index (χ1v) is 7.85. The molecule has 3 N–H and O–H groups in total. The Bertz CT molecular complexity index is 480. The molecule has 1 aromatic carbocycles. The van der Waals surface area contributed by atoms with E-state index in [1.807, 2.05) is 0 Å². The molecule has 116 valence electrons. The number of rotatable bonds is 4. The van der Waals surface area contributed by atoms with Crippen LogP contribution in [0.1, 0.15) is 43.8 Å². The summed E-state index contributed by atoms with van der Waals surface area (Å²) < 4.78 is 0. The lowest BCUT2D eigenvalue weighted by Crippen LogP contribution is -2.43. The highest BCUT2D eigenvalue weighted by molar-refractivity contribution is 6.31.